The quantitative estimate of drug-likeness (QED) is 0.777. The minimum atomic E-state index is 0.488. The van der Waals surface area contributed by atoms with Crippen molar-refractivity contribution >= 4 is 17.5 Å². The molecule has 1 heterocycles. The van der Waals surface area contributed by atoms with Crippen molar-refractivity contribution in [1.29, 1.82) is 0 Å². The van der Waals surface area contributed by atoms with Gasteiger partial charge in [0.15, 0.2) is 5.82 Å². The molecule has 0 unspecified atom stereocenters. The van der Waals surface area contributed by atoms with E-state index in [-0.39, 0.29) is 0 Å². The van der Waals surface area contributed by atoms with Gasteiger partial charge in [-0.1, -0.05) is 25.7 Å². The molecule has 2 aromatic rings. The second-order valence-electron chi connectivity index (χ2n) is 6.08. The zero-order valence-corrected chi connectivity index (χ0v) is 14.2. The molecule has 6 nitrogen and oxygen atoms in total. The number of nitrogens with one attached hydrogen (secondary N) is 2. The van der Waals surface area contributed by atoms with E-state index in [1.807, 2.05) is 31.2 Å². The first kappa shape index (κ1) is 16.5. The maximum absolute atomic E-state index is 5.44. The van der Waals surface area contributed by atoms with Crippen molar-refractivity contribution in [3.05, 3.63) is 30.5 Å². The van der Waals surface area contributed by atoms with E-state index in [9.17, 15) is 0 Å². The third-order valence-corrected chi connectivity index (χ3v) is 4.19. The summed E-state index contributed by atoms with van der Waals surface area (Å²) in [4.78, 5) is 4.52. The monoisotopic (exact) mass is 327 g/mol. The molecule has 0 radical (unpaired) electrons. The van der Waals surface area contributed by atoms with Crippen molar-refractivity contribution in [3.63, 3.8) is 0 Å². The highest BCUT2D eigenvalue weighted by atomic mass is 16.5. The highest BCUT2D eigenvalue weighted by molar-refractivity contribution is 5.55. The Hall–Kier alpha value is -2.37. The van der Waals surface area contributed by atoms with Crippen LogP contribution >= 0.6 is 0 Å². The van der Waals surface area contributed by atoms with Crippen LogP contribution < -0.4 is 15.4 Å². The predicted octanol–water partition coefficient (Wildman–Crippen LogP) is 4.15. The van der Waals surface area contributed by atoms with Gasteiger partial charge in [0.25, 0.3) is 0 Å². The fourth-order valence-electron chi connectivity index (χ4n) is 2.99. The Bertz CT molecular complexity index is 624. The maximum atomic E-state index is 5.44. The van der Waals surface area contributed by atoms with Crippen LogP contribution in [0.25, 0.3) is 0 Å². The summed E-state index contributed by atoms with van der Waals surface area (Å²) in [6, 6.07) is 8.22. The van der Waals surface area contributed by atoms with Crippen LogP contribution in [0.5, 0.6) is 5.75 Å². The molecule has 24 heavy (non-hydrogen) atoms. The lowest BCUT2D eigenvalue weighted by Crippen LogP contribution is -2.19. The number of aromatic nitrogens is 3. The van der Waals surface area contributed by atoms with Gasteiger partial charge in [-0.3, -0.25) is 0 Å². The van der Waals surface area contributed by atoms with Gasteiger partial charge in [0.1, 0.15) is 5.75 Å². The van der Waals surface area contributed by atoms with Crippen molar-refractivity contribution in [2.45, 2.75) is 51.5 Å². The molecule has 2 N–H and O–H groups in total. The van der Waals surface area contributed by atoms with Gasteiger partial charge < -0.3 is 15.4 Å². The first-order valence-corrected chi connectivity index (χ1v) is 8.79. The van der Waals surface area contributed by atoms with Crippen LogP contribution in [0.15, 0.2) is 30.5 Å². The van der Waals surface area contributed by atoms with E-state index in [0.29, 0.717) is 18.6 Å². The summed E-state index contributed by atoms with van der Waals surface area (Å²) in [5.41, 5.74) is 0.909. The van der Waals surface area contributed by atoms with Gasteiger partial charge in [0, 0.05) is 11.7 Å². The summed E-state index contributed by atoms with van der Waals surface area (Å²) in [6.45, 7) is 2.63. The fourth-order valence-corrected chi connectivity index (χ4v) is 2.99. The molecule has 1 aliphatic carbocycles. The Morgan fingerprint density at radius 2 is 1.83 bits per heavy atom. The standard InChI is InChI=1S/C18H25N5O/c1-2-24-16-11-9-15(10-12-16)21-18-22-17(13-19-23-18)20-14-7-5-3-4-6-8-14/h9-14H,2-8H2,1H3,(H2,20,21,22,23). The lowest BCUT2D eigenvalue weighted by atomic mass is 10.1. The maximum Gasteiger partial charge on any atom is 0.249 e. The fraction of sp³-hybridized carbons (Fsp3) is 0.500. The average Bonchev–Trinajstić information content (AvgIpc) is 2.86. The number of nitrogens with zero attached hydrogens (tertiary/aromatic N) is 3. The molecule has 0 bridgehead atoms. The zero-order valence-electron chi connectivity index (χ0n) is 14.2. The van der Waals surface area contributed by atoms with Gasteiger partial charge in [-0.05, 0) is 44.0 Å². The normalized spacial score (nSPS) is 15.5. The molecular weight excluding hydrogens is 302 g/mol. The minimum Gasteiger partial charge on any atom is -0.494 e. The summed E-state index contributed by atoms with van der Waals surface area (Å²) in [7, 11) is 0. The van der Waals surface area contributed by atoms with Crippen molar-refractivity contribution < 1.29 is 4.74 Å². The molecule has 0 saturated heterocycles. The summed E-state index contributed by atoms with van der Waals surface area (Å²) in [6.07, 6.45) is 9.34. The van der Waals surface area contributed by atoms with E-state index in [2.05, 4.69) is 25.8 Å². The Morgan fingerprint density at radius 1 is 1.08 bits per heavy atom. The number of hydrogen-bond acceptors (Lipinski definition) is 6. The number of rotatable bonds is 6. The molecule has 1 aromatic heterocycles. The summed E-state index contributed by atoms with van der Waals surface area (Å²) < 4.78 is 5.44. The van der Waals surface area contributed by atoms with Gasteiger partial charge >= 0.3 is 0 Å². The van der Waals surface area contributed by atoms with Crippen molar-refractivity contribution in [3.8, 4) is 5.75 Å². The molecule has 6 heteroatoms. The molecular formula is C18H25N5O. The van der Waals surface area contributed by atoms with Crippen LogP contribution in [0.3, 0.4) is 0 Å². The topological polar surface area (TPSA) is 72.0 Å². The molecule has 0 spiro atoms. The first-order valence-electron chi connectivity index (χ1n) is 8.79. The molecule has 0 aliphatic heterocycles. The molecule has 1 fully saturated rings. The Morgan fingerprint density at radius 3 is 2.54 bits per heavy atom. The van der Waals surface area contributed by atoms with Gasteiger partial charge in [-0.25, -0.2) is 0 Å². The third-order valence-electron chi connectivity index (χ3n) is 4.19. The summed E-state index contributed by atoms with van der Waals surface area (Å²) in [5.74, 6) is 2.13. The Labute approximate surface area is 143 Å². The van der Waals surface area contributed by atoms with Gasteiger partial charge in [-0.2, -0.15) is 10.1 Å². The highest BCUT2D eigenvalue weighted by Gasteiger charge is 2.13. The lowest BCUT2D eigenvalue weighted by Gasteiger charge is -2.16. The van der Waals surface area contributed by atoms with Gasteiger partial charge in [0.2, 0.25) is 5.95 Å². The third kappa shape index (κ3) is 4.81. The molecule has 0 atom stereocenters. The predicted molar refractivity (Wildman–Crippen MR) is 95.8 cm³/mol. The van der Waals surface area contributed by atoms with E-state index in [1.54, 1.807) is 6.20 Å². The average molecular weight is 327 g/mol. The smallest absolute Gasteiger partial charge is 0.249 e. The van der Waals surface area contributed by atoms with Gasteiger partial charge in [-0.15, -0.1) is 5.10 Å². The molecule has 0 amide bonds. The molecule has 1 aromatic carbocycles. The molecule has 1 saturated carbocycles. The van der Waals surface area contributed by atoms with E-state index >= 15 is 0 Å². The second-order valence-corrected chi connectivity index (χ2v) is 6.08. The summed E-state index contributed by atoms with van der Waals surface area (Å²) in [5, 5.41) is 14.8. The molecule has 3 rings (SSSR count). The SMILES string of the molecule is CCOc1ccc(Nc2nncc(NC3CCCCCC3)n2)cc1. The van der Waals surface area contributed by atoms with Crippen LogP contribution in [0, 0.1) is 0 Å². The van der Waals surface area contributed by atoms with E-state index in [0.717, 1.165) is 17.3 Å². The van der Waals surface area contributed by atoms with E-state index in [1.165, 1.54) is 38.5 Å². The van der Waals surface area contributed by atoms with Crippen LogP contribution in [-0.4, -0.2) is 27.8 Å². The van der Waals surface area contributed by atoms with Crippen LogP contribution in [-0.2, 0) is 0 Å². The number of ether oxygens (including phenoxy) is 1. The highest BCUT2D eigenvalue weighted by Crippen LogP contribution is 2.21. The van der Waals surface area contributed by atoms with Crippen molar-refractivity contribution in [2.75, 3.05) is 17.2 Å². The second kappa shape index (κ2) is 8.47. The van der Waals surface area contributed by atoms with Gasteiger partial charge in [0.05, 0.1) is 12.8 Å². The van der Waals surface area contributed by atoms with Crippen molar-refractivity contribution in [2.24, 2.45) is 0 Å². The zero-order chi connectivity index (χ0) is 16.6. The van der Waals surface area contributed by atoms with Crippen LogP contribution in [0.4, 0.5) is 17.5 Å². The number of hydrogen-bond donors (Lipinski definition) is 2. The van der Waals surface area contributed by atoms with E-state index < -0.39 is 0 Å². The Kier molecular flexibility index (Phi) is 5.82. The minimum absolute atomic E-state index is 0.488. The van der Waals surface area contributed by atoms with Crippen LogP contribution in [0.2, 0.25) is 0 Å². The van der Waals surface area contributed by atoms with Crippen LogP contribution in [0.1, 0.15) is 45.4 Å². The first-order chi connectivity index (χ1) is 11.8. The number of anilines is 3. The number of benzene rings is 1. The summed E-state index contributed by atoms with van der Waals surface area (Å²) >= 11 is 0. The van der Waals surface area contributed by atoms with Crippen molar-refractivity contribution in [1.82, 2.24) is 15.2 Å². The lowest BCUT2D eigenvalue weighted by molar-refractivity contribution is 0.340. The Balaban J connectivity index is 1.61. The van der Waals surface area contributed by atoms with E-state index in [4.69, 9.17) is 4.74 Å². The molecule has 1 aliphatic rings. The molecule has 128 valence electrons. The largest absolute Gasteiger partial charge is 0.494 e.